The lowest BCUT2D eigenvalue weighted by atomic mass is 10.00. The summed E-state index contributed by atoms with van der Waals surface area (Å²) in [5.41, 5.74) is 9.92. The second-order valence-electron chi connectivity index (χ2n) is 18.6. The van der Waals surface area contributed by atoms with Gasteiger partial charge in [0.25, 0.3) is 0 Å². The Morgan fingerprint density at radius 2 is 0.457 bits per heavy atom. The Kier molecular flexibility index (Phi) is 8.33. The molecule has 0 saturated carbocycles. The third kappa shape index (κ3) is 6.17. The molecule has 2 aromatic heterocycles. The van der Waals surface area contributed by atoms with E-state index in [4.69, 9.17) is 8.83 Å². The van der Waals surface area contributed by atoms with Crippen molar-refractivity contribution in [1.29, 1.82) is 0 Å². The zero-order valence-corrected chi connectivity index (χ0v) is 37.8. The van der Waals surface area contributed by atoms with Gasteiger partial charge in [-0.3, -0.25) is 0 Å². The average molecular weight is 893 g/mol. The van der Waals surface area contributed by atoms with Crippen LogP contribution in [0.5, 0.6) is 0 Å². The summed E-state index contributed by atoms with van der Waals surface area (Å²) in [6.07, 6.45) is 0. The van der Waals surface area contributed by atoms with Crippen molar-refractivity contribution < 1.29 is 8.83 Å². The van der Waals surface area contributed by atoms with Crippen molar-refractivity contribution in [3.05, 3.63) is 243 Å². The second-order valence-corrected chi connectivity index (χ2v) is 18.6. The van der Waals surface area contributed by atoms with E-state index >= 15 is 0 Å². The average Bonchev–Trinajstić information content (AvgIpc) is 3.96. The van der Waals surface area contributed by atoms with Crippen molar-refractivity contribution in [2.45, 2.75) is 0 Å². The highest BCUT2D eigenvalue weighted by Crippen LogP contribution is 2.45. The molecule has 0 aliphatic rings. The van der Waals surface area contributed by atoms with Crippen LogP contribution in [0.4, 0.5) is 34.1 Å². The predicted octanol–water partition coefficient (Wildman–Crippen LogP) is 19.3. The number of anilines is 6. The van der Waals surface area contributed by atoms with E-state index < -0.39 is 0 Å². The largest absolute Gasteiger partial charge is 0.456 e. The van der Waals surface area contributed by atoms with E-state index in [2.05, 4.69) is 252 Å². The van der Waals surface area contributed by atoms with E-state index in [-0.39, 0.29) is 0 Å². The number of rotatable bonds is 6. The molecule has 4 nitrogen and oxygen atoms in total. The van der Waals surface area contributed by atoms with Crippen molar-refractivity contribution >= 4 is 143 Å². The van der Waals surface area contributed by atoms with Gasteiger partial charge in [-0.25, -0.2) is 0 Å². The van der Waals surface area contributed by atoms with Gasteiger partial charge < -0.3 is 18.6 Å². The fourth-order valence-electron chi connectivity index (χ4n) is 11.0. The lowest BCUT2D eigenvalue weighted by Crippen LogP contribution is -2.10. The molecule has 4 heteroatoms. The summed E-state index contributed by atoms with van der Waals surface area (Å²) in [6, 6.07) is 87.7. The molecule has 0 aliphatic carbocycles. The highest BCUT2D eigenvalue weighted by molar-refractivity contribution is 6.28. The normalized spacial score (nSPS) is 12.0. The van der Waals surface area contributed by atoms with E-state index in [9.17, 15) is 0 Å². The van der Waals surface area contributed by atoms with E-state index in [0.717, 1.165) is 99.5 Å². The molecule has 0 saturated heterocycles. The van der Waals surface area contributed by atoms with Crippen molar-refractivity contribution in [3.8, 4) is 0 Å². The summed E-state index contributed by atoms with van der Waals surface area (Å²) in [4.78, 5) is 4.72. The fraction of sp³-hybridized carbons (Fsp3) is 0. The zero-order valence-electron chi connectivity index (χ0n) is 37.8. The van der Waals surface area contributed by atoms with Gasteiger partial charge in [-0.15, -0.1) is 0 Å². The number of hydrogen-bond acceptors (Lipinski definition) is 4. The summed E-state index contributed by atoms with van der Waals surface area (Å²) in [5, 5.41) is 18.4. The molecule has 0 spiro atoms. The Labute approximate surface area is 402 Å². The molecule has 0 radical (unpaired) electrons. The minimum absolute atomic E-state index is 0.839. The van der Waals surface area contributed by atoms with Crippen molar-refractivity contribution in [2.75, 3.05) is 9.80 Å². The molecule has 0 bridgehead atoms. The maximum Gasteiger partial charge on any atom is 0.136 e. The maximum absolute atomic E-state index is 6.76. The van der Waals surface area contributed by atoms with Gasteiger partial charge in [-0.2, -0.15) is 0 Å². The van der Waals surface area contributed by atoms with E-state index in [1.165, 1.54) is 43.1 Å². The summed E-state index contributed by atoms with van der Waals surface area (Å²) in [5.74, 6) is 0. The summed E-state index contributed by atoms with van der Waals surface area (Å²) in [7, 11) is 0. The molecule has 0 aliphatic heterocycles. The van der Waals surface area contributed by atoms with Gasteiger partial charge in [0.05, 0.1) is 0 Å². The van der Waals surface area contributed by atoms with E-state index in [1.54, 1.807) is 0 Å². The van der Waals surface area contributed by atoms with E-state index in [1.807, 2.05) is 0 Å². The SMILES string of the molecule is c1ccc2cc(N(c3ccc4ccccc4c3)c3ccc4cc5c(cc4c3)oc3ccc4oc6cc7cc(N(c8ccc9ccccc9c8)c8ccc9ccccc9c8)ccc7cc6c4c35)ccc2c1. The minimum Gasteiger partial charge on any atom is -0.456 e. The monoisotopic (exact) mass is 892 g/mol. The first-order valence-electron chi connectivity index (χ1n) is 23.9. The standard InChI is InChI=1S/C66H40N2O2/c1-5-13-45-31-53(23-17-41(45)9-1)67(54-24-18-42-10-2-6-14-46(42)32-54)57-27-21-49-37-59-63(39-51(49)35-57)69-61-29-30-62-66(65(59)61)60-38-50-22-28-58(36-52(50)40-64(60)70-62)68(55-25-19-43-11-3-7-15-47(43)33-55)56-26-20-44-12-4-8-16-48(44)34-56/h1-40H. The second kappa shape index (κ2) is 15.1. The molecule has 13 aromatic carbocycles. The molecular formula is C66H40N2O2. The van der Waals surface area contributed by atoms with E-state index in [0.29, 0.717) is 0 Å². The van der Waals surface area contributed by atoms with Crippen LogP contribution in [0.2, 0.25) is 0 Å². The molecule has 0 amide bonds. The van der Waals surface area contributed by atoms with Gasteiger partial charge in [0.2, 0.25) is 0 Å². The fourth-order valence-corrected chi connectivity index (χ4v) is 11.0. The van der Waals surface area contributed by atoms with Gasteiger partial charge in [0, 0.05) is 55.7 Å². The van der Waals surface area contributed by atoms with Crippen LogP contribution in [0.25, 0.3) is 109 Å². The molecule has 2 heterocycles. The van der Waals surface area contributed by atoms with Crippen LogP contribution >= 0.6 is 0 Å². The number of nitrogens with zero attached hydrogens (tertiary/aromatic N) is 2. The highest BCUT2D eigenvalue weighted by Gasteiger charge is 2.21. The van der Waals surface area contributed by atoms with Crippen LogP contribution in [0.3, 0.4) is 0 Å². The third-order valence-electron chi connectivity index (χ3n) is 14.4. The van der Waals surface area contributed by atoms with Gasteiger partial charge >= 0.3 is 0 Å². The number of furan rings is 2. The minimum atomic E-state index is 0.839. The Bertz CT molecular complexity index is 4180. The predicted molar refractivity (Wildman–Crippen MR) is 295 cm³/mol. The Balaban J connectivity index is 0.858. The summed E-state index contributed by atoms with van der Waals surface area (Å²) < 4.78 is 13.5. The van der Waals surface area contributed by atoms with Gasteiger partial charge in [0.1, 0.15) is 22.3 Å². The van der Waals surface area contributed by atoms with Crippen LogP contribution in [-0.4, -0.2) is 0 Å². The smallest absolute Gasteiger partial charge is 0.136 e. The van der Waals surface area contributed by atoms with Gasteiger partial charge in [-0.05, 0) is 174 Å². The van der Waals surface area contributed by atoms with Crippen LogP contribution in [0.15, 0.2) is 251 Å². The third-order valence-corrected chi connectivity index (χ3v) is 14.4. The molecule has 15 aromatic rings. The molecule has 326 valence electrons. The lowest BCUT2D eigenvalue weighted by Gasteiger charge is -2.26. The van der Waals surface area contributed by atoms with Crippen molar-refractivity contribution in [1.82, 2.24) is 0 Å². The lowest BCUT2D eigenvalue weighted by molar-refractivity contribution is 0.663. The first-order chi connectivity index (χ1) is 34.6. The van der Waals surface area contributed by atoms with Crippen LogP contribution in [0, 0.1) is 0 Å². The zero-order chi connectivity index (χ0) is 45.9. The van der Waals surface area contributed by atoms with Gasteiger partial charge in [-0.1, -0.05) is 133 Å². The highest BCUT2D eigenvalue weighted by atomic mass is 16.3. The molecule has 0 unspecified atom stereocenters. The number of hydrogen-bond donors (Lipinski definition) is 0. The maximum atomic E-state index is 6.76. The van der Waals surface area contributed by atoms with Crippen molar-refractivity contribution in [3.63, 3.8) is 0 Å². The molecule has 0 N–H and O–H groups in total. The topological polar surface area (TPSA) is 32.8 Å². The first-order valence-corrected chi connectivity index (χ1v) is 23.9. The molecule has 70 heavy (non-hydrogen) atoms. The van der Waals surface area contributed by atoms with Crippen LogP contribution < -0.4 is 9.80 Å². The Morgan fingerprint density at radius 3 is 0.771 bits per heavy atom. The Hall–Kier alpha value is -9.38. The van der Waals surface area contributed by atoms with Crippen LogP contribution in [-0.2, 0) is 0 Å². The molecule has 0 atom stereocenters. The number of fused-ring (bicyclic) bond motifs is 13. The number of benzene rings is 13. The molecule has 15 rings (SSSR count). The molecule has 0 fully saturated rings. The molecular weight excluding hydrogens is 853 g/mol. The van der Waals surface area contributed by atoms with Crippen molar-refractivity contribution in [2.24, 2.45) is 0 Å². The summed E-state index contributed by atoms with van der Waals surface area (Å²) in [6.45, 7) is 0. The Morgan fingerprint density at radius 1 is 0.200 bits per heavy atom. The van der Waals surface area contributed by atoms with Crippen LogP contribution in [0.1, 0.15) is 0 Å². The van der Waals surface area contributed by atoms with Gasteiger partial charge in [0.15, 0.2) is 0 Å². The quantitative estimate of drug-likeness (QED) is 0.166. The first kappa shape index (κ1) is 38.7. The summed E-state index contributed by atoms with van der Waals surface area (Å²) >= 11 is 0.